The Kier molecular flexibility index (Phi) is 5.53. The van der Waals surface area contributed by atoms with Crippen LogP contribution in [0.2, 0.25) is 0 Å². The number of likely N-dealkylation sites (tertiary alicyclic amines) is 1. The molecule has 2 aromatic heterocycles. The number of imidazole rings is 1. The van der Waals surface area contributed by atoms with E-state index in [4.69, 9.17) is 4.74 Å². The van der Waals surface area contributed by atoms with Gasteiger partial charge in [-0.25, -0.2) is 14.4 Å². The van der Waals surface area contributed by atoms with E-state index in [0.717, 1.165) is 48.4 Å². The van der Waals surface area contributed by atoms with E-state index in [0.29, 0.717) is 30.2 Å². The lowest BCUT2D eigenvalue weighted by molar-refractivity contribution is 0.356. The summed E-state index contributed by atoms with van der Waals surface area (Å²) >= 11 is 0. The molecule has 0 saturated carbocycles. The zero-order chi connectivity index (χ0) is 24.6. The number of rotatable bonds is 6. The van der Waals surface area contributed by atoms with Gasteiger partial charge in [0, 0.05) is 54.6 Å². The smallest absolute Gasteiger partial charge is 0.208 e. The van der Waals surface area contributed by atoms with E-state index in [1.165, 1.54) is 17.3 Å². The number of aromatic nitrogens is 3. The molecule has 8 heteroatoms. The Morgan fingerprint density at radius 1 is 1.17 bits per heavy atom. The van der Waals surface area contributed by atoms with E-state index in [1.54, 1.807) is 22.9 Å². The first-order valence-corrected chi connectivity index (χ1v) is 12.1. The van der Waals surface area contributed by atoms with E-state index >= 15 is 0 Å². The summed E-state index contributed by atoms with van der Waals surface area (Å²) < 4.78 is 21.9. The van der Waals surface area contributed by atoms with Crippen LogP contribution in [0.1, 0.15) is 35.2 Å². The average Bonchev–Trinajstić information content (AvgIpc) is 3.64. The molecule has 1 saturated heterocycles. The number of nitriles is 1. The lowest BCUT2D eigenvalue weighted by Crippen LogP contribution is -2.16. The molecule has 180 valence electrons. The van der Waals surface area contributed by atoms with Crippen LogP contribution in [0.4, 0.5) is 10.3 Å². The Morgan fingerprint density at radius 2 is 2.03 bits per heavy atom. The number of nitrogens with one attached hydrogen (secondary N) is 1. The molecule has 0 unspecified atom stereocenters. The van der Waals surface area contributed by atoms with Gasteiger partial charge >= 0.3 is 0 Å². The summed E-state index contributed by atoms with van der Waals surface area (Å²) in [6.45, 7) is 6.86. The second kappa shape index (κ2) is 9.00. The normalized spacial score (nSPS) is 14.7. The van der Waals surface area contributed by atoms with Gasteiger partial charge in [0.15, 0.2) is 11.3 Å². The SMILES string of the molecule is C=C1CCCN1Cc1ccc(-c2cnc(NCc3c(F)ccc4c3CCO4)n3cc(C#N)nc23)cc1. The standard InChI is InChI=1S/C28H25FN6O/c1-18-3-2-11-34(18)16-19-4-6-20(7-5-19)23-14-31-28(35-17-21(13-30)33-27(23)35)32-15-24-22-10-12-36-26(22)9-8-25(24)29/h4-9,14,17H,1-3,10-12,15-16H2,(H,31,32). The van der Waals surface area contributed by atoms with Crippen molar-refractivity contribution in [3.05, 3.63) is 89.3 Å². The van der Waals surface area contributed by atoms with Crippen LogP contribution < -0.4 is 10.1 Å². The molecule has 36 heavy (non-hydrogen) atoms. The summed E-state index contributed by atoms with van der Waals surface area (Å²) in [6, 6.07) is 13.6. The van der Waals surface area contributed by atoms with E-state index in [-0.39, 0.29) is 18.1 Å². The van der Waals surface area contributed by atoms with Crippen LogP contribution in [-0.4, -0.2) is 32.4 Å². The fourth-order valence-electron chi connectivity index (χ4n) is 5.03. The summed E-state index contributed by atoms with van der Waals surface area (Å²) in [7, 11) is 0. The number of allylic oxidation sites excluding steroid dienone is 1. The minimum Gasteiger partial charge on any atom is -0.493 e. The van der Waals surface area contributed by atoms with Gasteiger partial charge in [-0.05, 0) is 36.1 Å². The molecule has 7 nitrogen and oxygen atoms in total. The molecule has 0 radical (unpaired) electrons. The van der Waals surface area contributed by atoms with Gasteiger partial charge in [0.2, 0.25) is 5.95 Å². The van der Waals surface area contributed by atoms with Crippen molar-refractivity contribution in [2.75, 3.05) is 18.5 Å². The Bertz CT molecular complexity index is 1520. The lowest BCUT2D eigenvalue weighted by Gasteiger charge is -2.19. The molecule has 6 rings (SSSR count). The summed E-state index contributed by atoms with van der Waals surface area (Å²) in [4.78, 5) is 11.5. The van der Waals surface area contributed by atoms with Gasteiger partial charge in [0.05, 0.1) is 12.8 Å². The Hall–Kier alpha value is -4.38. The summed E-state index contributed by atoms with van der Waals surface area (Å²) in [5.41, 5.74) is 6.55. The number of nitrogens with zero attached hydrogens (tertiary/aromatic N) is 5. The number of ether oxygens (including phenoxy) is 1. The van der Waals surface area contributed by atoms with Crippen LogP contribution in [0.5, 0.6) is 5.75 Å². The predicted molar refractivity (Wildman–Crippen MR) is 135 cm³/mol. The van der Waals surface area contributed by atoms with Gasteiger partial charge in [0.25, 0.3) is 0 Å². The van der Waals surface area contributed by atoms with E-state index in [1.807, 2.05) is 0 Å². The number of fused-ring (bicyclic) bond motifs is 2. The molecule has 0 spiro atoms. The molecular formula is C28H25FN6O. The molecule has 0 bridgehead atoms. The molecule has 0 atom stereocenters. The minimum atomic E-state index is -0.277. The number of halogens is 1. The van der Waals surface area contributed by atoms with Gasteiger partial charge in [-0.15, -0.1) is 0 Å². The van der Waals surface area contributed by atoms with Crippen molar-refractivity contribution in [2.45, 2.75) is 32.4 Å². The largest absolute Gasteiger partial charge is 0.493 e. The molecule has 2 aliphatic heterocycles. The van der Waals surface area contributed by atoms with E-state index in [9.17, 15) is 9.65 Å². The van der Waals surface area contributed by atoms with Gasteiger partial charge < -0.3 is 15.0 Å². The maximum atomic E-state index is 14.6. The zero-order valence-corrected chi connectivity index (χ0v) is 19.8. The van der Waals surface area contributed by atoms with Crippen LogP contribution in [0.3, 0.4) is 0 Å². The van der Waals surface area contributed by atoms with Crippen molar-refractivity contribution in [2.24, 2.45) is 0 Å². The first-order valence-electron chi connectivity index (χ1n) is 12.1. The first kappa shape index (κ1) is 22.1. The Balaban J connectivity index is 1.29. The highest BCUT2D eigenvalue weighted by atomic mass is 19.1. The van der Waals surface area contributed by atoms with Gasteiger partial charge in [-0.1, -0.05) is 30.8 Å². The highest BCUT2D eigenvalue weighted by Gasteiger charge is 2.20. The van der Waals surface area contributed by atoms with Crippen LogP contribution >= 0.6 is 0 Å². The van der Waals surface area contributed by atoms with Crippen molar-refractivity contribution in [1.82, 2.24) is 19.3 Å². The van der Waals surface area contributed by atoms with E-state index in [2.05, 4.69) is 57.1 Å². The second-order valence-corrected chi connectivity index (χ2v) is 9.17. The summed E-state index contributed by atoms with van der Waals surface area (Å²) in [5, 5.41) is 12.7. The van der Waals surface area contributed by atoms with E-state index < -0.39 is 0 Å². The summed E-state index contributed by atoms with van der Waals surface area (Å²) in [6.07, 6.45) is 6.30. The number of hydrogen-bond acceptors (Lipinski definition) is 6. The Labute approximate surface area is 208 Å². The highest BCUT2D eigenvalue weighted by Crippen LogP contribution is 2.31. The molecule has 4 aromatic rings. The van der Waals surface area contributed by atoms with Crippen molar-refractivity contribution in [3.63, 3.8) is 0 Å². The van der Waals surface area contributed by atoms with Gasteiger partial charge in [-0.2, -0.15) is 5.26 Å². The molecule has 1 N–H and O–H groups in total. The maximum absolute atomic E-state index is 14.6. The lowest BCUT2D eigenvalue weighted by atomic mass is 10.0. The molecule has 1 fully saturated rings. The predicted octanol–water partition coefficient (Wildman–Crippen LogP) is 5.06. The first-order chi connectivity index (χ1) is 17.6. The monoisotopic (exact) mass is 480 g/mol. The highest BCUT2D eigenvalue weighted by molar-refractivity contribution is 5.78. The quantitative estimate of drug-likeness (QED) is 0.416. The van der Waals surface area contributed by atoms with Gasteiger partial charge in [0.1, 0.15) is 17.6 Å². The number of hydrogen-bond donors (Lipinski definition) is 1. The van der Waals surface area contributed by atoms with Gasteiger partial charge in [-0.3, -0.25) is 4.40 Å². The fourth-order valence-corrected chi connectivity index (χ4v) is 5.03. The van der Waals surface area contributed by atoms with Crippen molar-refractivity contribution in [1.29, 1.82) is 5.26 Å². The third-order valence-corrected chi connectivity index (χ3v) is 6.95. The van der Waals surface area contributed by atoms with Crippen LogP contribution in [0, 0.1) is 17.1 Å². The molecule has 0 amide bonds. The number of benzene rings is 2. The zero-order valence-electron chi connectivity index (χ0n) is 19.8. The van der Waals surface area contributed by atoms with Crippen molar-refractivity contribution in [3.8, 4) is 22.9 Å². The molecule has 2 aromatic carbocycles. The van der Waals surface area contributed by atoms with Crippen LogP contribution in [0.25, 0.3) is 16.8 Å². The second-order valence-electron chi connectivity index (χ2n) is 9.17. The minimum absolute atomic E-state index is 0.246. The molecule has 0 aliphatic carbocycles. The Morgan fingerprint density at radius 3 is 2.81 bits per heavy atom. The summed E-state index contributed by atoms with van der Waals surface area (Å²) in [5.74, 6) is 0.942. The van der Waals surface area contributed by atoms with Crippen molar-refractivity contribution < 1.29 is 9.13 Å². The van der Waals surface area contributed by atoms with Crippen LogP contribution in [0.15, 0.2) is 61.1 Å². The third kappa shape index (κ3) is 3.93. The fraction of sp³-hybridized carbons (Fsp3) is 0.250. The maximum Gasteiger partial charge on any atom is 0.208 e. The third-order valence-electron chi connectivity index (χ3n) is 6.95. The molecule has 2 aliphatic rings. The van der Waals surface area contributed by atoms with Crippen LogP contribution in [-0.2, 0) is 19.5 Å². The topological polar surface area (TPSA) is 78.5 Å². The molecular weight excluding hydrogens is 455 g/mol. The average molecular weight is 481 g/mol. The number of anilines is 1. The van der Waals surface area contributed by atoms with Crippen molar-refractivity contribution >= 4 is 11.6 Å². The molecule has 4 heterocycles.